The Morgan fingerprint density at radius 3 is 1.82 bits per heavy atom. The van der Waals surface area contributed by atoms with Crippen LogP contribution < -0.4 is 0 Å². The van der Waals surface area contributed by atoms with Crippen molar-refractivity contribution in [3.63, 3.8) is 0 Å². The molecule has 12 N–H and O–H groups in total. The molecule has 21 nitrogen and oxygen atoms in total. The molecule has 0 unspecified atom stereocenters. The lowest BCUT2D eigenvalue weighted by Gasteiger charge is -2.71. The third-order valence-electron chi connectivity index (χ3n) is 21.4. The highest BCUT2D eigenvalue weighted by atomic mass is 16.8. The highest BCUT2D eigenvalue weighted by Crippen LogP contribution is 2.76. The molecule has 0 radical (unpaired) electrons. The molecule has 4 heterocycles. The molecule has 0 aromatic carbocycles. The molecule has 4 saturated carbocycles. The summed E-state index contributed by atoms with van der Waals surface area (Å²) in [7, 11) is 0. The minimum Gasteiger partial charge on any atom is -0.432 e. The topological polar surface area (TPSA) is 334 Å². The van der Waals surface area contributed by atoms with E-state index in [4.69, 9.17) is 37.9 Å². The summed E-state index contributed by atoms with van der Waals surface area (Å²) in [5.41, 5.74) is -0.545. The second-order valence-electron chi connectivity index (χ2n) is 25.2. The van der Waals surface area contributed by atoms with Crippen LogP contribution in [0.3, 0.4) is 0 Å². The number of allylic oxidation sites excluding steroid dienone is 2. The molecule has 4 aliphatic heterocycles. The molecule has 5 aliphatic carbocycles. The monoisotopic (exact) mass is 1060 g/mol. The van der Waals surface area contributed by atoms with Crippen LogP contribution in [0.1, 0.15) is 113 Å². The smallest absolute Gasteiger partial charge is 0.315 e. The van der Waals surface area contributed by atoms with Crippen molar-refractivity contribution in [2.24, 2.45) is 56.7 Å². The highest BCUT2D eigenvalue weighted by Gasteiger charge is 2.70. The first-order chi connectivity index (χ1) is 34.7. The lowest BCUT2D eigenvalue weighted by molar-refractivity contribution is -0.366. The maximum absolute atomic E-state index is 14.8. The van der Waals surface area contributed by atoms with Crippen molar-refractivity contribution in [3.05, 3.63) is 11.6 Å². The van der Waals surface area contributed by atoms with E-state index in [0.29, 0.717) is 25.2 Å². The summed E-state index contributed by atoms with van der Waals surface area (Å²) in [6.45, 7) is 15.9. The third-order valence-corrected chi connectivity index (χ3v) is 21.4. The molecule has 0 bridgehead atoms. The minimum absolute atomic E-state index is 0.127. The van der Waals surface area contributed by atoms with E-state index >= 15 is 0 Å². The van der Waals surface area contributed by atoms with Gasteiger partial charge in [-0.3, -0.25) is 4.79 Å². The standard InChI is InChI=1S/C53H86O21/c1-22-11-16-53(48(66)74-46-42(65)38(61)35(58)27(20-55)70-46)18-17-51(7)25(32(53)23(22)2)9-10-30-50(6)14-13-31(49(4,5)29(50)12-15-52(30,51)8)72-44-40(63)36(59)28(71-44)21-67-47-43(39(62)33(56)24(3)68-47)73-45-41(64)37(60)34(57)26(19-54)69-45/h9,22-24,26-47,54-65H,10-21H2,1-8H3/t22-,23+,24+,26-,27-,28-,29+,30-,31+,32+,33+,34-,35-,36-,37+,38+,39-,40+,41-,42-,43-,44+,45+,46+,47-,50+,51-,52-,53+/m1/s1. The number of fused-ring (bicyclic) bond motifs is 7. The molecular formula is C53H86O21. The molecule has 0 amide bonds. The van der Waals surface area contributed by atoms with Gasteiger partial charge in [0.25, 0.3) is 0 Å². The summed E-state index contributed by atoms with van der Waals surface area (Å²) in [6.07, 6.45) is -19.4. The fraction of sp³-hybridized carbons (Fsp3) is 0.943. The van der Waals surface area contributed by atoms with Gasteiger partial charge >= 0.3 is 5.97 Å². The molecule has 74 heavy (non-hydrogen) atoms. The number of hydrogen-bond acceptors (Lipinski definition) is 21. The lowest BCUT2D eigenvalue weighted by atomic mass is 9.33. The summed E-state index contributed by atoms with van der Waals surface area (Å²) in [5.74, 6) is 0.319. The lowest BCUT2D eigenvalue weighted by Crippen LogP contribution is -2.66. The molecule has 9 rings (SSSR count). The fourth-order valence-corrected chi connectivity index (χ4v) is 16.4. The number of hydrogen-bond donors (Lipinski definition) is 12. The van der Waals surface area contributed by atoms with Gasteiger partial charge in [0.1, 0.15) is 85.5 Å². The Labute approximate surface area is 433 Å². The van der Waals surface area contributed by atoms with E-state index in [1.54, 1.807) is 0 Å². The number of ether oxygens (including phenoxy) is 8. The van der Waals surface area contributed by atoms with Gasteiger partial charge < -0.3 is 99.2 Å². The van der Waals surface area contributed by atoms with E-state index in [1.807, 2.05) is 0 Å². The number of carbonyl (C=O) groups is 1. The third kappa shape index (κ3) is 8.99. The first-order valence-electron chi connectivity index (χ1n) is 27.2. The highest BCUT2D eigenvalue weighted by molar-refractivity contribution is 5.79. The predicted octanol–water partition coefficient (Wildman–Crippen LogP) is -0.513. The van der Waals surface area contributed by atoms with E-state index < -0.39 is 153 Å². The molecule has 0 spiro atoms. The molecule has 8 fully saturated rings. The van der Waals surface area contributed by atoms with Crippen molar-refractivity contribution in [1.82, 2.24) is 0 Å². The van der Waals surface area contributed by atoms with Crippen molar-refractivity contribution in [3.8, 4) is 0 Å². The van der Waals surface area contributed by atoms with Crippen LogP contribution in [0.4, 0.5) is 0 Å². The van der Waals surface area contributed by atoms with Crippen LogP contribution in [0.15, 0.2) is 11.6 Å². The normalized spacial score (nSPS) is 55.2. The Bertz CT molecular complexity index is 2020. The number of rotatable bonds is 11. The van der Waals surface area contributed by atoms with Crippen LogP contribution in [-0.2, 0) is 42.7 Å². The van der Waals surface area contributed by atoms with Crippen LogP contribution >= 0.6 is 0 Å². The fourth-order valence-electron chi connectivity index (χ4n) is 16.4. The van der Waals surface area contributed by atoms with Crippen LogP contribution in [0, 0.1) is 56.7 Å². The van der Waals surface area contributed by atoms with Crippen LogP contribution in [0.25, 0.3) is 0 Å². The van der Waals surface area contributed by atoms with Crippen LogP contribution in [0.2, 0.25) is 0 Å². The van der Waals surface area contributed by atoms with Gasteiger partial charge in [0, 0.05) is 0 Å². The van der Waals surface area contributed by atoms with Crippen molar-refractivity contribution in [2.45, 2.75) is 236 Å². The Morgan fingerprint density at radius 1 is 0.595 bits per heavy atom. The second-order valence-corrected chi connectivity index (χ2v) is 25.2. The van der Waals surface area contributed by atoms with E-state index in [9.17, 15) is 66.1 Å². The van der Waals surface area contributed by atoms with Gasteiger partial charge in [-0.1, -0.05) is 60.1 Å². The molecule has 424 valence electrons. The SMILES string of the molecule is C[C@H]1[C@H](C)CC[C@]2(C(=O)O[C@@H]3O[C@H](CO)[C@@H](O)[C@H](O)[C@H]3O)CC[C@]3(C)C(=CC[C@@H]4[C@@]5(C)CC[C@H](O[C@@H]6O[C@H](CO[C@@H]7O[C@@H](C)[C@H](O)[C@@H](O)[C@H]7O[C@@H]7O[C@H](CO)[C@@H](O)[C@H](O)[C@H]7O)[C@@H](O)[C@@H]6O)C(C)(C)[C@@H]5CC[C@]43C)[C@H]12. The maximum Gasteiger partial charge on any atom is 0.315 e. The molecule has 0 aromatic rings. The van der Waals surface area contributed by atoms with Crippen LogP contribution in [0.5, 0.6) is 0 Å². The molecule has 29 atom stereocenters. The summed E-state index contributed by atoms with van der Waals surface area (Å²) in [6, 6.07) is 0. The van der Waals surface area contributed by atoms with Gasteiger partial charge in [-0.2, -0.15) is 0 Å². The van der Waals surface area contributed by atoms with Gasteiger partial charge in [-0.15, -0.1) is 0 Å². The Balaban J connectivity index is 0.882. The largest absolute Gasteiger partial charge is 0.432 e. The van der Waals surface area contributed by atoms with Gasteiger partial charge in [-0.25, -0.2) is 0 Å². The number of aliphatic hydroxyl groups excluding tert-OH is 12. The van der Waals surface area contributed by atoms with Crippen molar-refractivity contribution >= 4 is 5.97 Å². The number of esters is 1. The summed E-state index contributed by atoms with van der Waals surface area (Å²) in [5, 5.41) is 127. The number of carbonyl (C=O) groups excluding carboxylic acids is 1. The molecule has 9 aliphatic rings. The van der Waals surface area contributed by atoms with Crippen molar-refractivity contribution < 1.29 is 104 Å². The zero-order chi connectivity index (χ0) is 53.9. The van der Waals surface area contributed by atoms with E-state index in [1.165, 1.54) is 12.5 Å². The number of aliphatic hydroxyl groups is 12. The average Bonchev–Trinajstić information content (AvgIpc) is 3.63. The molecule has 21 heteroatoms. The van der Waals surface area contributed by atoms with E-state index in [0.717, 1.165) is 38.5 Å². The molecular weight excluding hydrogens is 973 g/mol. The maximum atomic E-state index is 14.8. The van der Waals surface area contributed by atoms with E-state index in [-0.39, 0.29) is 46.0 Å². The Morgan fingerprint density at radius 2 is 1.18 bits per heavy atom. The summed E-state index contributed by atoms with van der Waals surface area (Å²) >= 11 is 0. The van der Waals surface area contributed by atoms with Gasteiger partial charge in [0.15, 0.2) is 18.9 Å². The predicted molar refractivity (Wildman–Crippen MR) is 255 cm³/mol. The Kier molecular flexibility index (Phi) is 16.1. The second kappa shape index (κ2) is 20.8. The van der Waals surface area contributed by atoms with Crippen molar-refractivity contribution in [1.29, 1.82) is 0 Å². The summed E-state index contributed by atoms with van der Waals surface area (Å²) < 4.78 is 47.7. The molecule has 0 aromatic heterocycles. The van der Waals surface area contributed by atoms with Gasteiger partial charge in [-0.05, 0) is 116 Å². The quantitative estimate of drug-likeness (QED) is 0.0916. The van der Waals surface area contributed by atoms with Gasteiger partial charge in [0.05, 0.1) is 37.4 Å². The first-order valence-corrected chi connectivity index (χ1v) is 27.2. The first kappa shape index (κ1) is 57.1. The molecule has 4 saturated heterocycles. The zero-order valence-electron chi connectivity index (χ0n) is 44.0. The van der Waals surface area contributed by atoms with Gasteiger partial charge in [0.2, 0.25) is 6.29 Å². The average molecular weight is 1060 g/mol. The minimum atomic E-state index is -1.82. The van der Waals surface area contributed by atoms with Crippen LogP contribution in [-0.4, -0.2) is 210 Å². The van der Waals surface area contributed by atoms with Crippen molar-refractivity contribution in [2.75, 3.05) is 19.8 Å². The zero-order valence-corrected chi connectivity index (χ0v) is 44.0. The Hall–Kier alpha value is -1.55. The van der Waals surface area contributed by atoms with E-state index in [2.05, 4.69) is 54.5 Å². The summed E-state index contributed by atoms with van der Waals surface area (Å²) in [4.78, 5) is 14.8.